The molecule has 0 aliphatic heterocycles. The smallest absolute Gasteiger partial charge is 0.481 e. The van der Waals surface area contributed by atoms with E-state index in [1.165, 1.54) is 6.92 Å². The molecule has 3 amide bonds. The van der Waals surface area contributed by atoms with Gasteiger partial charge in [0.2, 0.25) is 17.7 Å². The van der Waals surface area contributed by atoms with Crippen LogP contribution in [0.25, 0.3) is 0 Å². The van der Waals surface area contributed by atoms with Crippen LogP contribution in [0.5, 0.6) is 0 Å². The molecule has 11 nitrogen and oxygen atoms in total. The van der Waals surface area contributed by atoms with Crippen LogP contribution in [-0.4, -0.2) is 70.2 Å². The van der Waals surface area contributed by atoms with Gasteiger partial charge in [-0.05, 0) is 19.8 Å². The maximum absolute atomic E-state index is 12.6. The predicted octanol–water partition coefficient (Wildman–Crippen LogP) is 0.374. The van der Waals surface area contributed by atoms with Gasteiger partial charge in [-0.3, -0.25) is 19.2 Å². The van der Waals surface area contributed by atoms with Crippen LogP contribution in [0, 0.1) is 25.7 Å². The van der Waals surface area contributed by atoms with Crippen LogP contribution in [0.2, 0.25) is 0 Å². The summed E-state index contributed by atoms with van der Waals surface area (Å²) in [6.45, 7) is 7.82. The average molecular weight is 657 g/mol. The van der Waals surface area contributed by atoms with Crippen molar-refractivity contribution in [3.63, 3.8) is 0 Å². The minimum atomic E-state index is -1.61. The first-order valence-electron chi connectivity index (χ1n) is 9.63. The third kappa shape index (κ3) is 14.0. The summed E-state index contributed by atoms with van der Waals surface area (Å²) in [6.07, 6.45) is -0.908. The van der Waals surface area contributed by atoms with E-state index in [2.05, 4.69) is 10.6 Å². The molecular formula is C21H39N3O8Pt. The summed E-state index contributed by atoms with van der Waals surface area (Å²) in [5, 5.41) is 34.0. The quantitative estimate of drug-likeness (QED) is 0.154. The Morgan fingerprint density at radius 2 is 1.45 bits per heavy atom. The minimum absolute atomic E-state index is 0. The van der Waals surface area contributed by atoms with Gasteiger partial charge in [-0.25, -0.2) is 4.79 Å². The Kier molecular flexibility index (Phi) is 19.2. The number of carboxylic acids is 2. The molecule has 0 radical (unpaired) electrons. The number of carbonyl (C=O) groups excluding carboxylic acids is 3. The molecule has 0 spiro atoms. The zero-order chi connectivity index (χ0) is 23.7. The molecule has 0 aromatic heterocycles. The van der Waals surface area contributed by atoms with Crippen molar-refractivity contribution in [3.8, 4) is 0 Å². The maximum atomic E-state index is 12.6. The Labute approximate surface area is 210 Å². The van der Waals surface area contributed by atoms with Crippen molar-refractivity contribution in [1.82, 2.24) is 16.0 Å². The third-order valence-corrected chi connectivity index (χ3v) is 4.75. The van der Waals surface area contributed by atoms with Crippen LogP contribution < -0.4 is 16.0 Å². The number of aliphatic hydroxyl groups excluding tert-OH is 1. The monoisotopic (exact) mass is 656 g/mol. The van der Waals surface area contributed by atoms with Crippen LogP contribution in [-0.2, 0) is 45.0 Å². The number of carbonyl (C=O) groups is 5. The predicted molar refractivity (Wildman–Crippen MR) is 119 cm³/mol. The van der Waals surface area contributed by atoms with E-state index in [9.17, 15) is 29.1 Å². The summed E-state index contributed by atoms with van der Waals surface area (Å²) in [6, 6.07) is -1.61. The molecule has 0 bridgehead atoms. The van der Waals surface area contributed by atoms with E-state index in [-0.39, 0.29) is 54.8 Å². The molecule has 6 N–H and O–H groups in total. The van der Waals surface area contributed by atoms with Crippen molar-refractivity contribution in [2.75, 3.05) is 13.1 Å². The fourth-order valence-electron chi connectivity index (χ4n) is 2.90. The van der Waals surface area contributed by atoms with Crippen molar-refractivity contribution < 1.29 is 60.4 Å². The Bertz CT molecular complexity index is 670. The molecule has 3 unspecified atom stereocenters. The van der Waals surface area contributed by atoms with Crippen LogP contribution in [0.15, 0.2) is 0 Å². The average Bonchev–Trinajstić information content (AvgIpc) is 2.62. The summed E-state index contributed by atoms with van der Waals surface area (Å²) >= 11 is 0. The molecule has 0 aliphatic carbocycles. The molecule has 196 valence electrons. The van der Waals surface area contributed by atoms with E-state index in [0.717, 1.165) is 0 Å². The second-order valence-corrected chi connectivity index (χ2v) is 8.27. The second-order valence-electron chi connectivity index (χ2n) is 8.27. The van der Waals surface area contributed by atoms with E-state index in [0.29, 0.717) is 6.42 Å². The molecule has 33 heavy (non-hydrogen) atoms. The van der Waals surface area contributed by atoms with Crippen molar-refractivity contribution >= 4 is 29.7 Å². The van der Waals surface area contributed by atoms with Gasteiger partial charge in [0.05, 0.1) is 19.1 Å². The number of rotatable bonds is 13. The van der Waals surface area contributed by atoms with Gasteiger partial charge >= 0.3 is 33.0 Å². The van der Waals surface area contributed by atoms with Crippen LogP contribution in [0.4, 0.5) is 0 Å². The summed E-state index contributed by atoms with van der Waals surface area (Å²) in [5.74, 6) is -4.56. The van der Waals surface area contributed by atoms with E-state index < -0.39 is 59.7 Å². The Morgan fingerprint density at radius 1 is 0.939 bits per heavy atom. The first-order valence-corrected chi connectivity index (χ1v) is 9.63. The van der Waals surface area contributed by atoms with Crippen molar-refractivity contribution in [2.45, 2.75) is 66.0 Å². The number of hydrogen-bond acceptors (Lipinski definition) is 6. The fourth-order valence-corrected chi connectivity index (χ4v) is 2.90. The number of amides is 3. The van der Waals surface area contributed by atoms with Crippen molar-refractivity contribution in [1.29, 1.82) is 0 Å². The van der Waals surface area contributed by atoms with Gasteiger partial charge in [0.25, 0.3) is 0 Å². The Morgan fingerprint density at radius 3 is 1.85 bits per heavy atom. The van der Waals surface area contributed by atoms with E-state index in [1.807, 2.05) is 5.32 Å². The maximum Gasteiger partial charge on any atom is 2.00 e. The summed E-state index contributed by atoms with van der Waals surface area (Å²) in [4.78, 5) is 58.7. The molecule has 3 atom stereocenters. The Hall–Kier alpha value is -2.00. The fraction of sp³-hybridized carbons (Fsp3) is 0.667. The van der Waals surface area contributed by atoms with E-state index in [1.54, 1.807) is 27.7 Å². The molecule has 0 rings (SSSR count). The van der Waals surface area contributed by atoms with E-state index in [4.69, 9.17) is 10.2 Å². The van der Waals surface area contributed by atoms with Crippen LogP contribution in [0.3, 0.4) is 0 Å². The third-order valence-electron chi connectivity index (χ3n) is 4.75. The molecule has 0 saturated carbocycles. The molecule has 12 heteroatoms. The molecule has 0 saturated heterocycles. The Balaban J connectivity index is -0.00000140. The molecule has 0 aromatic rings. The molecule has 0 fully saturated rings. The minimum Gasteiger partial charge on any atom is -0.481 e. The topological polar surface area (TPSA) is 182 Å². The molecular weight excluding hydrogens is 617 g/mol. The normalized spacial score (nSPS) is 13.9. The van der Waals surface area contributed by atoms with Crippen molar-refractivity contribution in [3.05, 3.63) is 14.9 Å². The number of carboxylic acid groups (broad SMARTS) is 2. The number of aliphatic carboxylic acids is 2. The van der Waals surface area contributed by atoms with Gasteiger partial charge in [0.15, 0.2) is 0 Å². The van der Waals surface area contributed by atoms with Gasteiger partial charge < -0.3 is 46.1 Å². The first kappa shape index (κ1) is 38.3. The zero-order valence-electron chi connectivity index (χ0n) is 20.4. The zero-order valence-corrected chi connectivity index (χ0v) is 22.7. The van der Waals surface area contributed by atoms with Gasteiger partial charge in [-0.1, -0.05) is 27.7 Å². The summed E-state index contributed by atoms with van der Waals surface area (Å²) in [7, 11) is 0. The molecule has 0 aromatic carbocycles. The first-order chi connectivity index (χ1) is 13.6. The van der Waals surface area contributed by atoms with Gasteiger partial charge in [0.1, 0.15) is 6.04 Å². The van der Waals surface area contributed by atoms with Gasteiger partial charge in [-0.15, -0.1) is 0 Å². The SMILES string of the molecule is CCC(C)(CC(C)(C)C(=O)NCC(=O)NC(CC(=O)O)C(=O)O)C(=O)NCC(C)O.[CH3-].[CH3-].[Pt+2]. The van der Waals surface area contributed by atoms with E-state index >= 15 is 0 Å². The van der Waals surface area contributed by atoms with Crippen LogP contribution >= 0.6 is 0 Å². The number of aliphatic hydroxyl groups is 1. The van der Waals surface area contributed by atoms with Gasteiger partial charge in [0, 0.05) is 17.4 Å². The summed E-state index contributed by atoms with van der Waals surface area (Å²) < 4.78 is 0. The van der Waals surface area contributed by atoms with Crippen LogP contribution in [0.1, 0.15) is 53.9 Å². The molecule has 0 aliphatic rings. The number of nitrogens with one attached hydrogen (secondary N) is 3. The van der Waals surface area contributed by atoms with Crippen molar-refractivity contribution in [2.24, 2.45) is 10.8 Å². The standard InChI is InChI=1S/C19H33N3O8.2CH3.Pt/c1-6-19(5,17(30)20-8-11(2)23)10-18(3,4)16(29)21-9-13(24)22-12(15(27)28)7-14(25)26;;;/h11-12,23H,6-10H2,1-5H3,(H,20,30)(H,21,29)(H,22,24)(H,25,26)(H,27,28);2*1H3;/q;2*-1;+2. The second kappa shape index (κ2) is 16.6. The summed E-state index contributed by atoms with van der Waals surface area (Å²) in [5.41, 5.74) is -1.94. The largest absolute Gasteiger partial charge is 2.00 e. The molecule has 0 heterocycles. The van der Waals surface area contributed by atoms with Gasteiger partial charge in [-0.2, -0.15) is 0 Å². The number of hydrogen-bond donors (Lipinski definition) is 6.